The van der Waals surface area contributed by atoms with E-state index in [1.807, 2.05) is 12.2 Å². The van der Waals surface area contributed by atoms with E-state index in [4.69, 9.17) is 9.16 Å². The lowest BCUT2D eigenvalue weighted by molar-refractivity contribution is -0.150. The van der Waals surface area contributed by atoms with Crippen LogP contribution < -0.4 is 5.32 Å². The van der Waals surface area contributed by atoms with Crippen LogP contribution in [-0.2, 0) is 18.8 Å². The molecule has 2 amide bonds. The standard InChI is InChI=1S/C23H40N2O6Si/c1-22(2,3)30-21(29)24-15-12-10-9-11-13-16-18(31-32(7,8)23(4,5)6)14-17(20(27)28)25(16)19(15)26/h9-10,15-18H,11-14H2,1-8H3,(H,24,29)(H,27,28)/b10-9-/t15-,16-,17-,18+/m0/s1. The predicted molar refractivity (Wildman–Crippen MR) is 125 cm³/mol. The first-order valence-electron chi connectivity index (χ1n) is 11.4. The van der Waals surface area contributed by atoms with E-state index in [0.29, 0.717) is 12.8 Å². The van der Waals surface area contributed by atoms with Crippen LogP contribution in [0.2, 0.25) is 18.1 Å². The van der Waals surface area contributed by atoms with Crippen molar-refractivity contribution in [3.8, 4) is 0 Å². The van der Waals surface area contributed by atoms with Crippen molar-refractivity contribution < 1.29 is 28.7 Å². The molecule has 182 valence electrons. The Balaban J connectivity index is 2.34. The molecule has 2 aliphatic heterocycles. The summed E-state index contributed by atoms with van der Waals surface area (Å²) in [5.41, 5.74) is -0.705. The molecule has 0 spiro atoms. The number of amides is 2. The predicted octanol–water partition coefficient (Wildman–Crippen LogP) is 4.06. The maximum Gasteiger partial charge on any atom is 0.408 e. The van der Waals surface area contributed by atoms with Crippen molar-refractivity contribution in [1.82, 2.24) is 10.2 Å². The molecule has 0 bridgehead atoms. The molecule has 2 N–H and O–H groups in total. The highest BCUT2D eigenvalue weighted by Crippen LogP contribution is 2.41. The van der Waals surface area contributed by atoms with Gasteiger partial charge in [-0.25, -0.2) is 9.59 Å². The van der Waals surface area contributed by atoms with E-state index < -0.39 is 44.0 Å². The largest absolute Gasteiger partial charge is 0.480 e. The van der Waals surface area contributed by atoms with Crippen molar-refractivity contribution >= 4 is 26.3 Å². The fourth-order valence-electron chi connectivity index (χ4n) is 3.91. The van der Waals surface area contributed by atoms with Crippen molar-refractivity contribution in [1.29, 1.82) is 0 Å². The summed E-state index contributed by atoms with van der Waals surface area (Å²) in [4.78, 5) is 39.5. The highest BCUT2D eigenvalue weighted by molar-refractivity contribution is 6.74. The molecule has 0 aromatic carbocycles. The molecule has 8 nitrogen and oxygen atoms in total. The van der Waals surface area contributed by atoms with E-state index in [1.54, 1.807) is 20.8 Å². The summed E-state index contributed by atoms with van der Waals surface area (Å²) in [5.74, 6) is -1.45. The molecule has 2 aliphatic rings. The molecule has 2 heterocycles. The first-order chi connectivity index (χ1) is 14.5. The van der Waals surface area contributed by atoms with Crippen molar-refractivity contribution in [3.63, 3.8) is 0 Å². The minimum absolute atomic E-state index is 0.0393. The summed E-state index contributed by atoms with van der Waals surface area (Å²) in [5, 5.41) is 12.5. The second-order valence-electron chi connectivity index (χ2n) is 11.3. The Hall–Kier alpha value is -1.87. The van der Waals surface area contributed by atoms with E-state index in [-0.39, 0.29) is 30.0 Å². The number of nitrogens with one attached hydrogen (secondary N) is 1. The second-order valence-corrected chi connectivity index (χ2v) is 16.1. The third kappa shape index (κ3) is 6.34. The molecule has 1 fully saturated rings. The van der Waals surface area contributed by atoms with Crippen LogP contribution in [0.4, 0.5) is 4.79 Å². The van der Waals surface area contributed by atoms with Crippen LogP contribution in [-0.4, -0.2) is 66.1 Å². The highest BCUT2D eigenvalue weighted by Gasteiger charge is 2.51. The first kappa shape index (κ1) is 26.4. The lowest BCUT2D eigenvalue weighted by atomic mass is 10.1. The molecule has 0 radical (unpaired) electrons. The Morgan fingerprint density at radius 3 is 2.31 bits per heavy atom. The molecular weight excluding hydrogens is 428 g/mol. The van der Waals surface area contributed by atoms with Gasteiger partial charge in [0.05, 0.1) is 12.1 Å². The number of nitrogens with zero attached hydrogens (tertiary/aromatic N) is 1. The van der Waals surface area contributed by atoms with Gasteiger partial charge in [0.2, 0.25) is 5.91 Å². The average molecular weight is 469 g/mol. The number of allylic oxidation sites excluding steroid dienone is 1. The number of alkyl carbamates (subject to hydrolysis) is 1. The number of carbonyl (C=O) groups is 3. The third-order valence-corrected chi connectivity index (χ3v) is 11.0. The Morgan fingerprint density at radius 2 is 1.78 bits per heavy atom. The van der Waals surface area contributed by atoms with Crippen molar-refractivity contribution in [2.75, 3.05) is 0 Å². The number of rotatable bonds is 4. The number of aliphatic carboxylic acids is 1. The summed E-state index contributed by atoms with van der Waals surface area (Å²) < 4.78 is 11.9. The normalized spacial score (nSPS) is 28.2. The summed E-state index contributed by atoms with van der Waals surface area (Å²) >= 11 is 0. The van der Waals surface area contributed by atoms with Gasteiger partial charge < -0.3 is 24.5 Å². The molecule has 9 heteroatoms. The van der Waals surface area contributed by atoms with Gasteiger partial charge in [0.1, 0.15) is 17.7 Å². The van der Waals surface area contributed by atoms with Crippen LogP contribution in [0.1, 0.15) is 67.2 Å². The zero-order valence-electron chi connectivity index (χ0n) is 20.7. The van der Waals surface area contributed by atoms with Gasteiger partial charge in [-0.3, -0.25) is 4.79 Å². The fraction of sp³-hybridized carbons (Fsp3) is 0.783. The van der Waals surface area contributed by atoms with E-state index in [1.165, 1.54) is 4.90 Å². The van der Waals surface area contributed by atoms with Gasteiger partial charge in [-0.15, -0.1) is 0 Å². The molecule has 1 saturated heterocycles. The summed E-state index contributed by atoms with van der Waals surface area (Å²) in [6.07, 6.45) is 4.65. The quantitative estimate of drug-likeness (QED) is 0.476. The van der Waals surface area contributed by atoms with Crippen molar-refractivity contribution in [2.24, 2.45) is 0 Å². The van der Waals surface area contributed by atoms with Crippen molar-refractivity contribution in [3.05, 3.63) is 12.2 Å². The van der Waals surface area contributed by atoms with Crippen LogP contribution >= 0.6 is 0 Å². The van der Waals surface area contributed by atoms with Crippen LogP contribution in [0.15, 0.2) is 12.2 Å². The number of carboxylic acid groups (broad SMARTS) is 1. The summed E-state index contributed by atoms with van der Waals surface area (Å²) in [7, 11) is -2.18. The van der Waals surface area contributed by atoms with Gasteiger partial charge in [0.25, 0.3) is 0 Å². The molecular formula is C23H40N2O6Si. The number of carboxylic acids is 1. The number of ether oxygens (including phenoxy) is 1. The van der Waals surface area contributed by atoms with E-state index in [2.05, 4.69) is 39.2 Å². The van der Waals surface area contributed by atoms with Gasteiger partial charge in [0.15, 0.2) is 8.32 Å². The number of hydrogen-bond acceptors (Lipinski definition) is 5. The Labute approximate surface area is 192 Å². The summed E-state index contributed by atoms with van der Waals surface area (Å²) in [6.45, 7) is 15.9. The van der Waals surface area contributed by atoms with Crippen LogP contribution in [0.3, 0.4) is 0 Å². The van der Waals surface area contributed by atoms with Gasteiger partial charge in [0, 0.05) is 6.42 Å². The Morgan fingerprint density at radius 1 is 1.16 bits per heavy atom. The monoisotopic (exact) mass is 468 g/mol. The lowest BCUT2D eigenvalue weighted by Crippen LogP contribution is -2.55. The van der Waals surface area contributed by atoms with Gasteiger partial charge >= 0.3 is 12.1 Å². The van der Waals surface area contributed by atoms with E-state index >= 15 is 0 Å². The number of hydrogen-bond donors (Lipinski definition) is 2. The molecule has 32 heavy (non-hydrogen) atoms. The number of fused-ring (bicyclic) bond motifs is 1. The molecule has 0 aliphatic carbocycles. The maximum absolute atomic E-state index is 13.6. The molecule has 4 atom stereocenters. The Kier molecular flexibility index (Phi) is 7.87. The van der Waals surface area contributed by atoms with Gasteiger partial charge in [-0.1, -0.05) is 32.9 Å². The third-order valence-electron chi connectivity index (χ3n) is 6.53. The van der Waals surface area contributed by atoms with Gasteiger partial charge in [-0.2, -0.15) is 0 Å². The van der Waals surface area contributed by atoms with E-state index in [0.717, 1.165) is 0 Å². The maximum atomic E-state index is 13.6. The zero-order valence-corrected chi connectivity index (χ0v) is 21.7. The molecule has 0 saturated carbocycles. The minimum atomic E-state index is -2.18. The van der Waals surface area contributed by atoms with Crippen molar-refractivity contribution in [2.45, 2.75) is 115 Å². The number of carbonyl (C=O) groups excluding carboxylic acids is 2. The highest BCUT2D eigenvalue weighted by atomic mass is 28.4. The second kappa shape index (κ2) is 9.55. The SMILES string of the molecule is CC(C)(C)OC(=O)N[C@H]1C/C=C\CC[C@H]2[C@H](O[Si](C)(C)C(C)(C)C)C[C@@H](C(=O)O)N2C1=O. The first-order valence-corrected chi connectivity index (χ1v) is 14.3. The lowest BCUT2D eigenvalue weighted by Gasteiger charge is -2.40. The average Bonchev–Trinajstić information content (AvgIpc) is 2.97. The van der Waals surface area contributed by atoms with Crippen LogP contribution in [0, 0.1) is 0 Å². The minimum Gasteiger partial charge on any atom is -0.480 e. The molecule has 2 rings (SSSR count). The van der Waals surface area contributed by atoms with Gasteiger partial charge in [-0.05, 0) is 58.2 Å². The summed E-state index contributed by atoms with van der Waals surface area (Å²) in [6, 6.07) is -2.23. The van der Waals surface area contributed by atoms with Crippen LogP contribution in [0.5, 0.6) is 0 Å². The fourth-order valence-corrected chi connectivity index (χ4v) is 5.28. The smallest absolute Gasteiger partial charge is 0.408 e. The van der Waals surface area contributed by atoms with E-state index in [9.17, 15) is 19.5 Å². The molecule has 0 aromatic rings. The molecule has 0 aromatic heterocycles. The zero-order chi connectivity index (χ0) is 24.5. The Bertz CT molecular complexity index is 753. The topological polar surface area (TPSA) is 105 Å². The molecule has 0 unspecified atom stereocenters. The van der Waals surface area contributed by atoms with Crippen LogP contribution in [0.25, 0.3) is 0 Å².